The highest BCUT2D eigenvalue weighted by Gasteiger charge is 2.31. The summed E-state index contributed by atoms with van der Waals surface area (Å²) < 4.78 is 0. The van der Waals surface area contributed by atoms with Crippen LogP contribution in [0.5, 0.6) is 0 Å². The Morgan fingerprint density at radius 1 is 1.40 bits per heavy atom. The first-order valence-corrected chi connectivity index (χ1v) is 7.49. The highest BCUT2D eigenvalue weighted by molar-refractivity contribution is 5.75. The molecule has 1 aliphatic heterocycles. The molecule has 20 heavy (non-hydrogen) atoms. The molecule has 112 valence electrons. The fourth-order valence-electron chi connectivity index (χ4n) is 3.19. The number of nitrogens with one attached hydrogen (secondary N) is 1. The quantitative estimate of drug-likeness (QED) is 0.779. The Hall–Kier alpha value is -1.52. The average molecular weight is 280 g/mol. The molecule has 0 aromatic carbocycles. The van der Waals surface area contributed by atoms with Gasteiger partial charge in [-0.05, 0) is 32.1 Å². The summed E-state index contributed by atoms with van der Waals surface area (Å²) in [6, 6.07) is -0.0628. The molecule has 2 amide bonds. The molecule has 1 saturated carbocycles. The second kappa shape index (κ2) is 6.77. The third-order valence-electron chi connectivity index (χ3n) is 4.36. The molecule has 5 heteroatoms. The van der Waals surface area contributed by atoms with Gasteiger partial charge in [-0.25, -0.2) is 4.79 Å². The number of urea groups is 1. The van der Waals surface area contributed by atoms with E-state index < -0.39 is 5.97 Å². The predicted molar refractivity (Wildman–Crippen MR) is 76.4 cm³/mol. The molecular formula is C15H24N2O3. The van der Waals surface area contributed by atoms with E-state index in [9.17, 15) is 14.7 Å². The lowest BCUT2D eigenvalue weighted by Gasteiger charge is -2.31. The van der Waals surface area contributed by atoms with Crippen LogP contribution in [0.2, 0.25) is 0 Å². The van der Waals surface area contributed by atoms with Crippen molar-refractivity contribution in [2.75, 3.05) is 19.6 Å². The first kappa shape index (κ1) is 14.9. The minimum atomic E-state index is -0.722. The molecule has 0 aromatic rings. The maximum Gasteiger partial charge on any atom is 0.317 e. The lowest BCUT2D eigenvalue weighted by molar-refractivity contribution is -0.144. The largest absolute Gasteiger partial charge is 0.481 e. The van der Waals surface area contributed by atoms with Gasteiger partial charge in [-0.2, -0.15) is 0 Å². The van der Waals surface area contributed by atoms with Crippen molar-refractivity contribution in [1.82, 2.24) is 10.2 Å². The smallest absolute Gasteiger partial charge is 0.317 e. The highest BCUT2D eigenvalue weighted by atomic mass is 16.4. The lowest BCUT2D eigenvalue weighted by Crippen LogP contribution is -2.45. The third kappa shape index (κ3) is 3.74. The summed E-state index contributed by atoms with van der Waals surface area (Å²) in [6.07, 6.45) is 6.75. The molecule has 2 unspecified atom stereocenters. The standard InChI is InChI=1S/C15H24N2O3/c1-11-5-4-8-17(10-11)15(20)16-9-12-6-2-3-7-13(12)14(18)19/h5,12-13H,2-4,6-10H2,1H3,(H,16,20)(H,18,19). The highest BCUT2D eigenvalue weighted by Crippen LogP contribution is 2.29. The van der Waals surface area contributed by atoms with Crippen molar-refractivity contribution in [3.8, 4) is 0 Å². The zero-order valence-electron chi connectivity index (χ0n) is 12.1. The van der Waals surface area contributed by atoms with Crippen molar-refractivity contribution < 1.29 is 14.7 Å². The lowest BCUT2D eigenvalue weighted by atomic mass is 9.79. The van der Waals surface area contributed by atoms with Crippen LogP contribution in [0.4, 0.5) is 4.79 Å². The average Bonchev–Trinajstić information content (AvgIpc) is 2.45. The molecule has 1 fully saturated rings. The van der Waals surface area contributed by atoms with Crippen LogP contribution in [0.1, 0.15) is 39.0 Å². The third-order valence-corrected chi connectivity index (χ3v) is 4.36. The number of hydrogen-bond acceptors (Lipinski definition) is 2. The number of aliphatic carboxylic acids is 1. The van der Waals surface area contributed by atoms with Crippen LogP contribution in [0.3, 0.4) is 0 Å². The second-order valence-electron chi connectivity index (χ2n) is 5.94. The van der Waals surface area contributed by atoms with E-state index in [1.165, 1.54) is 5.57 Å². The Balaban J connectivity index is 1.83. The fraction of sp³-hybridized carbons (Fsp3) is 0.733. The number of carboxylic acids is 1. The predicted octanol–water partition coefficient (Wildman–Crippen LogP) is 2.24. The first-order valence-electron chi connectivity index (χ1n) is 7.49. The number of carboxylic acid groups (broad SMARTS) is 1. The van der Waals surface area contributed by atoms with Crippen LogP contribution in [0, 0.1) is 11.8 Å². The number of hydrogen-bond donors (Lipinski definition) is 2. The van der Waals surface area contributed by atoms with Gasteiger partial charge in [0, 0.05) is 19.6 Å². The van der Waals surface area contributed by atoms with E-state index in [2.05, 4.69) is 11.4 Å². The van der Waals surface area contributed by atoms with Crippen molar-refractivity contribution in [2.45, 2.75) is 39.0 Å². The minimum Gasteiger partial charge on any atom is -0.481 e. The van der Waals surface area contributed by atoms with Crippen molar-refractivity contribution in [3.63, 3.8) is 0 Å². The fourth-order valence-corrected chi connectivity index (χ4v) is 3.19. The van der Waals surface area contributed by atoms with Crippen LogP contribution in [-0.2, 0) is 4.79 Å². The van der Waals surface area contributed by atoms with E-state index in [4.69, 9.17) is 0 Å². The molecule has 2 atom stereocenters. The molecular weight excluding hydrogens is 256 g/mol. The maximum absolute atomic E-state index is 12.1. The second-order valence-corrected chi connectivity index (χ2v) is 5.94. The van der Waals surface area contributed by atoms with Gasteiger partial charge in [-0.3, -0.25) is 4.79 Å². The van der Waals surface area contributed by atoms with Crippen LogP contribution >= 0.6 is 0 Å². The van der Waals surface area contributed by atoms with Gasteiger partial charge >= 0.3 is 12.0 Å². The summed E-state index contributed by atoms with van der Waals surface area (Å²) in [5.74, 6) is -0.945. The van der Waals surface area contributed by atoms with E-state index in [0.29, 0.717) is 13.1 Å². The zero-order valence-corrected chi connectivity index (χ0v) is 12.1. The molecule has 0 bridgehead atoms. The van der Waals surface area contributed by atoms with E-state index in [-0.39, 0.29) is 17.9 Å². The number of amides is 2. The first-order chi connectivity index (χ1) is 9.58. The SMILES string of the molecule is CC1=CCCN(C(=O)NCC2CCCCC2C(=O)O)C1. The Morgan fingerprint density at radius 2 is 2.15 bits per heavy atom. The summed E-state index contributed by atoms with van der Waals surface area (Å²) in [7, 11) is 0. The molecule has 0 aromatic heterocycles. The summed E-state index contributed by atoms with van der Waals surface area (Å²) >= 11 is 0. The minimum absolute atomic E-state index is 0.0628. The van der Waals surface area contributed by atoms with Gasteiger partial charge in [0.1, 0.15) is 0 Å². The van der Waals surface area contributed by atoms with Crippen LogP contribution in [0.15, 0.2) is 11.6 Å². The van der Waals surface area contributed by atoms with Gasteiger partial charge in [-0.15, -0.1) is 0 Å². The molecule has 2 N–H and O–H groups in total. The van der Waals surface area contributed by atoms with E-state index in [0.717, 1.165) is 38.6 Å². The number of nitrogens with zero attached hydrogens (tertiary/aromatic N) is 1. The summed E-state index contributed by atoms with van der Waals surface area (Å²) in [6.45, 7) is 3.94. The van der Waals surface area contributed by atoms with Crippen LogP contribution < -0.4 is 5.32 Å². The molecule has 2 rings (SSSR count). The van der Waals surface area contributed by atoms with Gasteiger partial charge in [0.15, 0.2) is 0 Å². The number of rotatable bonds is 3. The van der Waals surface area contributed by atoms with Crippen molar-refractivity contribution in [3.05, 3.63) is 11.6 Å². The monoisotopic (exact) mass is 280 g/mol. The zero-order chi connectivity index (χ0) is 14.5. The summed E-state index contributed by atoms with van der Waals surface area (Å²) in [5, 5.41) is 12.2. The van der Waals surface area contributed by atoms with Gasteiger partial charge in [-0.1, -0.05) is 24.5 Å². The normalized spacial score (nSPS) is 26.9. The maximum atomic E-state index is 12.1. The molecule has 0 spiro atoms. The van der Waals surface area contributed by atoms with E-state index in [1.807, 2.05) is 6.92 Å². The van der Waals surface area contributed by atoms with Gasteiger partial charge in [0.05, 0.1) is 5.92 Å². The van der Waals surface area contributed by atoms with Crippen LogP contribution in [0.25, 0.3) is 0 Å². The van der Waals surface area contributed by atoms with Gasteiger partial charge in [0.2, 0.25) is 0 Å². The summed E-state index contributed by atoms with van der Waals surface area (Å²) in [4.78, 5) is 25.1. The Morgan fingerprint density at radius 3 is 2.85 bits per heavy atom. The van der Waals surface area contributed by atoms with E-state index in [1.54, 1.807) is 4.90 Å². The molecule has 2 aliphatic rings. The van der Waals surface area contributed by atoms with Crippen molar-refractivity contribution in [1.29, 1.82) is 0 Å². The summed E-state index contributed by atoms with van der Waals surface area (Å²) in [5.41, 5.74) is 1.22. The number of carbonyl (C=O) groups excluding carboxylic acids is 1. The van der Waals surface area contributed by atoms with Gasteiger partial charge < -0.3 is 15.3 Å². The Kier molecular flexibility index (Phi) is 5.04. The molecule has 1 aliphatic carbocycles. The topological polar surface area (TPSA) is 69.6 Å². The molecule has 1 heterocycles. The van der Waals surface area contributed by atoms with E-state index >= 15 is 0 Å². The van der Waals surface area contributed by atoms with Crippen molar-refractivity contribution in [2.24, 2.45) is 11.8 Å². The number of carbonyl (C=O) groups is 2. The molecule has 0 radical (unpaired) electrons. The molecule has 5 nitrogen and oxygen atoms in total. The van der Waals surface area contributed by atoms with Crippen LogP contribution in [-0.4, -0.2) is 41.6 Å². The Labute approximate surface area is 120 Å². The Bertz CT molecular complexity index is 406. The van der Waals surface area contributed by atoms with Gasteiger partial charge in [0.25, 0.3) is 0 Å². The van der Waals surface area contributed by atoms with Crippen molar-refractivity contribution >= 4 is 12.0 Å². The molecule has 0 saturated heterocycles.